The van der Waals surface area contributed by atoms with Crippen LogP contribution in [0.5, 0.6) is 0 Å². The fourth-order valence-corrected chi connectivity index (χ4v) is 6.17. The van der Waals surface area contributed by atoms with Crippen LogP contribution in [-0.4, -0.2) is 109 Å². The van der Waals surface area contributed by atoms with Crippen LogP contribution in [0.3, 0.4) is 0 Å². The van der Waals surface area contributed by atoms with Crippen LogP contribution in [0.4, 0.5) is 11.4 Å². The zero-order valence-corrected chi connectivity index (χ0v) is 31.9. The standard InChI is InChI=1S/C39H50Cl2N4O8/c1-28-25-36(44-32-10-8-31(41)9-11-32)35-26-30(7-12-37(35)45(28)29(2)46)33-5-3-4-6-34(33)39(48)43-14-16-50-18-20-52-22-24-53-23-21-51-19-17-49-15-13-42-38(47)27-40/h3-12,26,28,36,44H,13-25,27H2,1-2H3,(H,42,47)(H,43,48)/t28-,36+/m0/s1. The Morgan fingerprint density at radius 3 is 1.91 bits per heavy atom. The van der Waals surface area contributed by atoms with E-state index >= 15 is 0 Å². The summed E-state index contributed by atoms with van der Waals surface area (Å²) >= 11 is 11.5. The van der Waals surface area contributed by atoms with E-state index in [1.165, 1.54) is 0 Å². The van der Waals surface area contributed by atoms with E-state index in [1.807, 2.05) is 65.6 Å². The molecule has 3 aromatic carbocycles. The molecule has 1 heterocycles. The van der Waals surface area contributed by atoms with Gasteiger partial charge in [0.15, 0.2) is 0 Å². The highest BCUT2D eigenvalue weighted by Crippen LogP contribution is 2.41. The molecular weight excluding hydrogens is 723 g/mol. The van der Waals surface area contributed by atoms with Crippen LogP contribution >= 0.6 is 23.2 Å². The molecule has 288 valence electrons. The first-order valence-corrected chi connectivity index (χ1v) is 18.7. The zero-order chi connectivity index (χ0) is 37.8. The van der Waals surface area contributed by atoms with Crippen molar-refractivity contribution in [1.82, 2.24) is 10.6 Å². The van der Waals surface area contributed by atoms with Crippen molar-refractivity contribution < 1.29 is 38.1 Å². The average Bonchev–Trinajstić information content (AvgIpc) is 3.16. The molecule has 0 aromatic heterocycles. The maximum absolute atomic E-state index is 13.3. The Hall–Kier alpha value is -3.75. The molecule has 12 nitrogen and oxygen atoms in total. The summed E-state index contributed by atoms with van der Waals surface area (Å²) in [6.07, 6.45) is 0.717. The summed E-state index contributed by atoms with van der Waals surface area (Å²) < 4.78 is 27.5. The fraction of sp³-hybridized carbons (Fsp3) is 0.462. The lowest BCUT2D eigenvalue weighted by Gasteiger charge is -2.40. The van der Waals surface area contributed by atoms with Crippen LogP contribution in [0.25, 0.3) is 11.1 Å². The first-order chi connectivity index (χ1) is 25.8. The monoisotopic (exact) mass is 772 g/mol. The van der Waals surface area contributed by atoms with Crippen molar-refractivity contribution in [2.45, 2.75) is 32.4 Å². The molecule has 0 radical (unpaired) electrons. The SMILES string of the molecule is CC(=O)N1c2ccc(-c3ccccc3C(=O)NCCOCCOCCOCCOCCOCCNC(=O)CCl)cc2[C@H](Nc2ccc(Cl)cc2)C[C@@H]1C. The van der Waals surface area contributed by atoms with Gasteiger partial charge in [0.25, 0.3) is 5.91 Å². The van der Waals surface area contributed by atoms with Crippen molar-refractivity contribution in [2.24, 2.45) is 0 Å². The molecule has 3 amide bonds. The number of amides is 3. The third-order valence-corrected chi connectivity index (χ3v) is 8.89. The zero-order valence-electron chi connectivity index (χ0n) is 30.4. The maximum Gasteiger partial charge on any atom is 0.251 e. The van der Waals surface area contributed by atoms with Gasteiger partial charge in [-0.05, 0) is 72.5 Å². The van der Waals surface area contributed by atoms with Crippen molar-refractivity contribution in [2.75, 3.05) is 95.3 Å². The number of nitrogens with one attached hydrogen (secondary N) is 3. The molecule has 0 saturated heterocycles. The first-order valence-electron chi connectivity index (χ1n) is 17.8. The van der Waals surface area contributed by atoms with Gasteiger partial charge >= 0.3 is 0 Å². The summed E-state index contributed by atoms with van der Waals surface area (Å²) in [5, 5.41) is 9.87. The largest absolute Gasteiger partial charge is 0.378 e. The van der Waals surface area contributed by atoms with Crippen molar-refractivity contribution >= 4 is 52.3 Å². The number of anilines is 2. The quantitative estimate of drug-likeness (QED) is 0.0847. The van der Waals surface area contributed by atoms with E-state index < -0.39 is 0 Å². The Balaban J connectivity index is 1.15. The van der Waals surface area contributed by atoms with E-state index in [-0.39, 0.29) is 35.7 Å². The summed E-state index contributed by atoms with van der Waals surface area (Å²) in [6, 6.07) is 21.0. The Labute approximate surface area is 321 Å². The molecule has 4 rings (SSSR count). The normalized spacial score (nSPS) is 15.1. The number of carbonyl (C=O) groups excluding carboxylic acids is 3. The van der Waals surface area contributed by atoms with Gasteiger partial charge in [0.05, 0.1) is 72.1 Å². The lowest BCUT2D eigenvalue weighted by atomic mass is 9.88. The van der Waals surface area contributed by atoms with Gasteiger partial charge in [-0.25, -0.2) is 0 Å². The summed E-state index contributed by atoms with van der Waals surface area (Å²) in [5.41, 5.74) is 5.01. The molecule has 53 heavy (non-hydrogen) atoms. The van der Waals surface area contributed by atoms with Crippen LogP contribution in [0, 0.1) is 0 Å². The van der Waals surface area contributed by atoms with Crippen molar-refractivity contribution in [3.05, 3.63) is 82.9 Å². The number of fused-ring (bicyclic) bond motifs is 1. The molecule has 0 unspecified atom stereocenters. The molecule has 3 aromatic rings. The number of rotatable bonds is 23. The number of halogens is 2. The van der Waals surface area contributed by atoms with Gasteiger partial charge < -0.3 is 44.5 Å². The number of benzene rings is 3. The number of alkyl halides is 1. The second kappa shape index (κ2) is 23.1. The molecule has 0 spiro atoms. The van der Waals surface area contributed by atoms with Gasteiger partial charge in [-0.1, -0.05) is 35.9 Å². The van der Waals surface area contributed by atoms with Crippen LogP contribution in [0.15, 0.2) is 66.7 Å². The van der Waals surface area contributed by atoms with Crippen LogP contribution in [-0.2, 0) is 33.3 Å². The number of ether oxygens (including phenoxy) is 5. The topological polar surface area (TPSA) is 137 Å². The van der Waals surface area contributed by atoms with E-state index in [0.29, 0.717) is 96.2 Å². The van der Waals surface area contributed by atoms with Gasteiger partial charge in [-0.3, -0.25) is 14.4 Å². The predicted octanol–water partition coefficient (Wildman–Crippen LogP) is 5.47. The average molecular weight is 774 g/mol. The molecule has 0 aliphatic carbocycles. The van der Waals surface area contributed by atoms with Crippen LogP contribution < -0.4 is 20.9 Å². The van der Waals surface area contributed by atoms with E-state index in [2.05, 4.69) is 28.9 Å². The lowest BCUT2D eigenvalue weighted by Crippen LogP contribution is -2.43. The number of hydrogen-bond donors (Lipinski definition) is 3. The Morgan fingerprint density at radius 1 is 0.755 bits per heavy atom. The lowest BCUT2D eigenvalue weighted by molar-refractivity contribution is -0.119. The highest BCUT2D eigenvalue weighted by molar-refractivity contribution is 6.30. The predicted molar refractivity (Wildman–Crippen MR) is 207 cm³/mol. The van der Waals surface area contributed by atoms with Crippen molar-refractivity contribution in [1.29, 1.82) is 0 Å². The van der Waals surface area contributed by atoms with E-state index in [0.717, 1.165) is 28.1 Å². The molecule has 3 N–H and O–H groups in total. The fourth-order valence-electron chi connectivity index (χ4n) is 5.95. The second-order valence-corrected chi connectivity index (χ2v) is 13.0. The molecular formula is C39H50Cl2N4O8. The van der Waals surface area contributed by atoms with Gasteiger partial charge in [0.1, 0.15) is 5.88 Å². The van der Waals surface area contributed by atoms with E-state index in [9.17, 15) is 14.4 Å². The minimum Gasteiger partial charge on any atom is -0.378 e. The third kappa shape index (κ3) is 13.9. The minimum atomic E-state index is -0.220. The minimum absolute atomic E-state index is 0.00175. The number of carbonyl (C=O) groups is 3. The smallest absolute Gasteiger partial charge is 0.251 e. The Morgan fingerprint density at radius 2 is 1.32 bits per heavy atom. The summed E-state index contributed by atoms with van der Waals surface area (Å²) in [5.74, 6) is -0.492. The second-order valence-electron chi connectivity index (χ2n) is 12.3. The molecule has 0 bridgehead atoms. The highest BCUT2D eigenvalue weighted by atomic mass is 35.5. The summed E-state index contributed by atoms with van der Waals surface area (Å²) in [7, 11) is 0. The molecule has 14 heteroatoms. The number of hydrogen-bond acceptors (Lipinski definition) is 9. The van der Waals surface area contributed by atoms with Gasteiger partial charge in [-0.15, -0.1) is 11.6 Å². The molecule has 0 fully saturated rings. The first kappa shape index (κ1) is 42.0. The van der Waals surface area contributed by atoms with Gasteiger partial charge in [-0.2, -0.15) is 0 Å². The van der Waals surface area contributed by atoms with Crippen LogP contribution in [0.2, 0.25) is 5.02 Å². The number of nitrogens with zero attached hydrogens (tertiary/aromatic N) is 1. The molecule has 2 atom stereocenters. The third-order valence-electron chi connectivity index (χ3n) is 8.40. The summed E-state index contributed by atoms with van der Waals surface area (Å²) in [6.45, 7) is 8.57. The highest BCUT2D eigenvalue weighted by Gasteiger charge is 2.33. The Bertz CT molecular complexity index is 1600. The summed E-state index contributed by atoms with van der Waals surface area (Å²) in [4.78, 5) is 38.9. The Kier molecular flexibility index (Phi) is 18.3. The van der Waals surface area contributed by atoms with Crippen molar-refractivity contribution in [3.8, 4) is 11.1 Å². The van der Waals surface area contributed by atoms with Gasteiger partial charge in [0, 0.05) is 48.0 Å². The van der Waals surface area contributed by atoms with Crippen molar-refractivity contribution in [3.63, 3.8) is 0 Å². The maximum atomic E-state index is 13.3. The van der Waals surface area contributed by atoms with E-state index in [4.69, 9.17) is 46.9 Å². The van der Waals surface area contributed by atoms with Crippen LogP contribution in [0.1, 0.15) is 42.2 Å². The van der Waals surface area contributed by atoms with Gasteiger partial charge in [0.2, 0.25) is 11.8 Å². The molecule has 0 saturated carbocycles. The molecule has 1 aliphatic rings. The van der Waals surface area contributed by atoms with E-state index in [1.54, 1.807) is 6.92 Å². The molecule has 1 aliphatic heterocycles.